The summed E-state index contributed by atoms with van der Waals surface area (Å²) < 4.78 is 0. The minimum absolute atomic E-state index is 0.406. The molecule has 2 N–H and O–H groups in total. The van der Waals surface area contributed by atoms with Gasteiger partial charge in [-0.1, -0.05) is 30.3 Å². The van der Waals surface area contributed by atoms with E-state index in [1.165, 1.54) is 24.9 Å². The summed E-state index contributed by atoms with van der Waals surface area (Å²) >= 11 is 0. The lowest BCUT2D eigenvalue weighted by atomic mass is 10.0. The van der Waals surface area contributed by atoms with Gasteiger partial charge in [-0.3, -0.25) is 4.90 Å². The molecule has 1 heterocycles. The Balaban J connectivity index is 2.17. The van der Waals surface area contributed by atoms with Gasteiger partial charge >= 0.3 is 0 Å². The number of hydrogen-bond acceptors (Lipinski definition) is 2. The van der Waals surface area contributed by atoms with Gasteiger partial charge in [0.05, 0.1) is 0 Å². The molecule has 1 aliphatic heterocycles. The zero-order valence-corrected chi connectivity index (χ0v) is 9.39. The Morgan fingerprint density at radius 2 is 2.13 bits per heavy atom. The molecule has 0 bridgehead atoms. The summed E-state index contributed by atoms with van der Waals surface area (Å²) in [5.74, 6) is 0. The molecule has 0 aliphatic carbocycles. The molecule has 1 aromatic carbocycles. The van der Waals surface area contributed by atoms with Gasteiger partial charge in [0.25, 0.3) is 0 Å². The molecule has 1 saturated heterocycles. The van der Waals surface area contributed by atoms with Crippen molar-refractivity contribution in [3.8, 4) is 0 Å². The van der Waals surface area contributed by atoms with Crippen molar-refractivity contribution in [2.75, 3.05) is 13.1 Å². The fourth-order valence-electron chi connectivity index (χ4n) is 2.56. The molecule has 15 heavy (non-hydrogen) atoms. The predicted molar refractivity (Wildman–Crippen MR) is 63.6 cm³/mol. The van der Waals surface area contributed by atoms with E-state index in [4.69, 9.17) is 5.73 Å². The van der Waals surface area contributed by atoms with Crippen LogP contribution in [0, 0.1) is 0 Å². The van der Waals surface area contributed by atoms with Gasteiger partial charge in [-0.15, -0.1) is 0 Å². The van der Waals surface area contributed by atoms with Gasteiger partial charge in [0.1, 0.15) is 0 Å². The first-order valence-corrected chi connectivity index (χ1v) is 5.83. The minimum Gasteiger partial charge on any atom is -0.329 e. The topological polar surface area (TPSA) is 29.3 Å². The van der Waals surface area contributed by atoms with E-state index in [0.29, 0.717) is 18.6 Å². The Morgan fingerprint density at radius 3 is 2.67 bits per heavy atom. The van der Waals surface area contributed by atoms with Crippen LogP contribution in [0.15, 0.2) is 30.3 Å². The molecule has 2 nitrogen and oxygen atoms in total. The van der Waals surface area contributed by atoms with E-state index in [2.05, 4.69) is 42.2 Å². The van der Waals surface area contributed by atoms with Crippen molar-refractivity contribution < 1.29 is 0 Å². The van der Waals surface area contributed by atoms with Crippen LogP contribution in [0.3, 0.4) is 0 Å². The van der Waals surface area contributed by atoms with Gasteiger partial charge in [-0.05, 0) is 31.9 Å². The summed E-state index contributed by atoms with van der Waals surface area (Å²) in [4.78, 5) is 2.54. The van der Waals surface area contributed by atoms with Gasteiger partial charge in [0.15, 0.2) is 0 Å². The summed E-state index contributed by atoms with van der Waals surface area (Å²) in [5, 5.41) is 0. The molecule has 1 fully saturated rings. The monoisotopic (exact) mass is 204 g/mol. The average molecular weight is 204 g/mol. The van der Waals surface area contributed by atoms with Crippen molar-refractivity contribution in [1.29, 1.82) is 0 Å². The van der Waals surface area contributed by atoms with E-state index in [1.54, 1.807) is 0 Å². The second-order valence-corrected chi connectivity index (χ2v) is 4.39. The number of nitrogens with zero attached hydrogens (tertiary/aromatic N) is 1. The lowest BCUT2D eigenvalue weighted by Crippen LogP contribution is -2.35. The van der Waals surface area contributed by atoms with Gasteiger partial charge < -0.3 is 5.73 Å². The molecule has 82 valence electrons. The van der Waals surface area contributed by atoms with E-state index in [1.807, 2.05) is 0 Å². The van der Waals surface area contributed by atoms with E-state index in [-0.39, 0.29) is 0 Å². The molecule has 0 amide bonds. The van der Waals surface area contributed by atoms with Crippen LogP contribution in [-0.4, -0.2) is 24.0 Å². The first-order chi connectivity index (χ1) is 7.33. The summed E-state index contributed by atoms with van der Waals surface area (Å²) in [6.45, 7) is 4.21. The van der Waals surface area contributed by atoms with Crippen LogP contribution in [0.25, 0.3) is 0 Å². The van der Waals surface area contributed by atoms with Gasteiger partial charge in [0.2, 0.25) is 0 Å². The summed E-state index contributed by atoms with van der Waals surface area (Å²) in [6.07, 6.45) is 2.62. The third-order valence-electron chi connectivity index (χ3n) is 3.41. The molecule has 0 spiro atoms. The van der Waals surface area contributed by atoms with Crippen molar-refractivity contribution in [3.05, 3.63) is 35.9 Å². The van der Waals surface area contributed by atoms with Crippen molar-refractivity contribution in [3.63, 3.8) is 0 Å². The fraction of sp³-hybridized carbons (Fsp3) is 0.538. The van der Waals surface area contributed by atoms with Crippen LogP contribution in [0.5, 0.6) is 0 Å². The van der Waals surface area contributed by atoms with Gasteiger partial charge in [-0.25, -0.2) is 0 Å². The minimum atomic E-state index is 0.406. The normalized spacial score (nSPS) is 24.3. The molecule has 2 heteroatoms. The molecule has 2 unspecified atom stereocenters. The molecule has 1 aromatic rings. The Hall–Kier alpha value is -0.860. The Labute approximate surface area is 92.1 Å². The van der Waals surface area contributed by atoms with E-state index in [9.17, 15) is 0 Å². The van der Waals surface area contributed by atoms with E-state index < -0.39 is 0 Å². The highest BCUT2D eigenvalue weighted by Crippen LogP contribution is 2.28. The molecule has 0 saturated carbocycles. The highest BCUT2D eigenvalue weighted by molar-refractivity contribution is 5.19. The van der Waals surface area contributed by atoms with Crippen LogP contribution in [0.4, 0.5) is 0 Å². The maximum absolute atomic E-state index is 5.91. The fourth-order valence-corrected chi connectivity index (χ4v) is 2.56. The quantitative estimate of drug-likeness (QED) is 0.817. The van der Waals surface area contributed by atoms with E-state index >= 15 is 0 Å². The van der Waals surface area contributed by atoms with Crippen molar-refractivity contribution in [2.45, 2.75) is 31.8 Å². The Morgan fingerprint density at radius 1 is 1.40 bits per heavy atom. The Bertz CT molecular complexity index is 297. The van der Waals surface area contributed by atoms with E-state index in [0.717, 1.165) is 0 Å². The van der Waals surface area contributed by atoms with Gasteiger partial charge in [-0.2, -0.15) is 0 Å². The molecule has 0 aromatic heterocycles. The summed E-state index contributed by atoms with van der Waals surface area (Å²) in [6, 6.07) is 11.7. The molecule has 2 atom stereocenters. The number of rotatable bonds is 3. The number of benzene rings is 1. The number of nitrogens with two attached hydrogens (primary N) is 1. The third-order valence-corrected chi connectivity index (χ3v) is 3.41. The lowest BCUT2D eigenvalue weighted by Gasteiger charge is -2.30. The van der Waals surface area contributed by atoms with Crippen LogP contribution in [-0.2, 0) is 0 Å². The second kappa shape index (κ2) is 4.77. The Kier molecular flexibility index (Phi) is 3.39. The van der Waals surface area contributed by atoms with Crippen LogP contribution in [0.2, 0.25) is 0 Å². The molecular weight excluding hydrogens is 184 g/mol. The predicted octanol–water partition coefficient (Wildman–Crippen LogP) is 2.17. The largest absolute Gasteiger partial charge is 0.329 e. The highest BCUT2D eigenvalue weighted by Gasteiger charge is 2.27. The molecule has 0 radical (unpaired) electrons. The maximum atomic E-state index is 5.91. The first-order valence-electron chi connectivity index (χ1n) is 5.83. The van der Waals surface area contributed by atoms with Crippen molar-refractivity contribution in [1.82, 2.24) is 4.90 Å². The molecular formula is C13H20N2. The SMILES string of the molecule is CC1CCCN1C(CN)c1ccccc1. The number of hydrogen-bond donors (Lipinski definition) is 1. The standard InChI is InChI=1S/C13H20N2/c1-11-6-5-9-15(11)13(10-14)12-7-3-2-4-8-12/h2-4,7-8,11,13H,5-6,9-10,14H2,1H3. The lowest BCUT2D eigenvalue weighted by molar-refractivity contribution is 0.195. The number of likely N-dealkylation sites (tertiary alicyclic amines) is 1. The molecule has 2 rings (SSSR count). The highest BCUT2D eigenvalue weighted by atomic mass is 15.2. The molecule has 1 aliphatic rings. The third kappa shape index (κ3) is 2.21. The maximum Gasteiger partial charge on any atom is 0.0473 e. The summed E-state index contributed by atoms with van der Waals surface area (Å²) in [7, 11) is 0. The van der Waals surface area contributed by atoms with Gasteiger partial charge in [0, 0.05) is 18.6 Å². The van der Waals surface area contributed by atoms with Crippen LogP contribution < -0.4 is 5.73 Å². The van der Waals surface area contributed by atoms with Crippen LogP contribution in [0.1, 0.15) is 31.4 Å². The average Bonchev–Trinajstić information content (AvgIpc) is 2.68. The van der Waals surface area contributed by atoms with Crippen LogP contribution >= 0.6 is 0 Å². The van der Waals surface area contributed by atoms with Crippen molar-refractivity contribution >= 4 is 0 Å². The zero-order chi connectivity index (χ0) is 10.7. The summed E-state index contributed by atoms with van der Waals surface area (Å²) in [5.41, 5.74) is 7.26. The van der Waals surface area contributed by atoms with Crippen molar-refractivity contribution in [2.24, 2.45) is 5.73 Å². The zero-order valence-electron chi connectivity index (χ0n) is 9.39. The second-order valence-electron chi connectivity index (χ2n) is 4.39. The first kappa shape index (κ1) is 10.7. The smallest absolute Gasteiger partial charge is 0.0473 e.